The maximum absolute atomic E-state index is 12.7. The van der Waals surface area contributed by atoms with Crippen molar-refractivity contribution in [1.82, 2.24) is 9.97 Å². The van der Waals surface area contributed by atoms with Crippen LogP contribution in [0, 0.1) is 0 Å². The minimum absolute atomic E-state index is 0.00666. The van der Waals surface area contributed by atoms with Crippen molar-refractivity contribution >= 4 is 22.4 Å². The third-order valence-corrected chi connectivity index (χ3v) is 4.14. The van der Waals surface area contributed by atoms with Crippen molar-refractivity contribution < 1.29 is 27.4 Å². The Morgan fingerprint density at radius 1 is 1.14 bits per heavy atom. The summed E-state index contributed by atoms with van der Waals surface area (Å²) in [5.74, 6) is -0.160. The van der Waals surface area contributed by atoms with Gasteiger partial charge < -0.3 is 9.47 Å². The van der Waals surface area contributed by atoms with Gasteiger partial charge in [0.15, 0.2) is 5.13 Å². The molecule has 0 aliphatic carbocycles. The molecule has 2 heterocycles. The lowest BCUT2D eigenvalue weighted by Gasteiger charge is -2.13. The molecule has 1 N–H and O–H groups in total. The zero-order chi connectivity index (χ0) is 21.0. The zero-order valence-corrected chi connectivity index (χ0v) is 16.2. The van der Waals surface area contributed by atoms with Crippen molar-refractivity contribution in [3.05, 3.63) is 59.1 Å². The van der Waals surface area contributed by atoms with Crippen LogP contribution in [0.1, 0.15) is 29.8 Å². The minimum Gasteiger partial charge on any atom is -0.475 e. The highest BCUT2D eigenvalue weighted by Gasteiger charge is 2.30. The lowest BCUT2D eigenvalue weighted by atomic mass is 10.2. The molecule has 29 heavy (non-hydrogen) atoms. The first kappa shape index (κ1) is 20.6. The second kappa shape index (κ2) is 8.48. The van der Waals surface area contributed by atoms with Crippen LogP contribution in [-0.2, 0) is 6.18 Å². The number of carbonyl (C=O) groups is 1. The number of benzene rings is 1. The Morgan fingerprint density at radius 2 is 1.83 bits per heavy atom. The predicted octanol–water partition coefficient (Wildman–Crippen LogP) is 5.39. The van der Waals surface area contributed by atoms with E-state index in [2.05, 4.69) is 15.3 Å². The van der Waals surface area contributed by atoms with Gasteiger partial charge in [0.2, 0.25) is 11.8 Å². The van der Waals surface area contributed by atoms with E-state index in [9.17, 15) is 18.0 Å². The molecule has 0 aliphatic heterocycles. The first-order chi connectivity index (χ1) is 13.7. The van der Waals surface area contributed by atoms with Crippen molar-refractivity contribution in [3.63, 3.8) is 0 Å². The smallest absolute Gasteiger partial charge is 0.416 e. The summed E-state index contributed by atoms with van der Waals surface area (Å²) in [5, 5.41) is 4.78. The van der Waals surface area contributed by atoms with E-state index >= 15 is 0 Å². The molecule has 0 saturated carbocycles. The third-order valence-electron chi connectivity index (χ3n) is 3.45. The number of anilines is 1. The molecule has 0 aliphatic rings. The Labute approximate surface area is 168 Å². The summed E-state index contributed by atoms with van der Waals surface area (Å²) in [5.41, 5.74) is -0.592. The van der Waals surface area contributed by atoms with Crippen LogP contribution in [0.3, 0.4) is 0 Å². The van der Waals surface area contributed by atoms with Gasteiger partial charge >= 0.3 is 6.18 Å². The molecule has 0 spiro atoms. The summed E-state index contributed by atoms with van der Waals surface area (Å²) in [7, 11) is 0. The van der Waals surface area contributed by atoms with Crippen molar-refractivity contribution in [2.75, 3.05) is 5.32 Å². The highest BCUT2D eigenvalue weighted by molar-refractivity contribution is 7.13. The van der Waals surface area contributed by atoms with E-state index in [0.29, 0.717) is 5.13 Å². The molecule has 0 unspecified atom stereocenters. The molecule has 0 atom stereocenters. The molecule has 0 fully saturated rings. The fourth-order valence-corrected chi connectivity index (χ4v) is 2.78. The normalized spacial score (nSPS) is 11.4. The van der Waals surface area contributed by atoms with Gasteiger partial charge in [0, 0.05) is 23.7 Å². The molecule has 152 valence electrons. The van der Waals surface area contributed by atoms with Crippen LogP contribution in [0.25, 0.3) is 0 Å². The number of hydrogen-bond acceptors (Lipinski definition) is 6. The van der Waals surface area contributed by atoms with Gasteiger partial charge in [-0.25, -0.2) is 4.98 Å². The largest absolute Gasteiger partial charge is 0.475 e. The summed E-state index contributed by atoms with van der Waals surface area (Å²) in [6.07, 6.45) is -3.10. The fourth-order valence-electron chi connectivity index (χ4n) is 2.25. The van der Waals surface area contributed by atoms with Crippen molar-refractivity contribution in [3.8, 4) is 17.5 Å². The molecule has 0 radical (unpaired) electrons. The number of rotatable bonds is 6. The van der Waals surface area contributed by atoms with Gasteiger partial charge in [0.25, 0.3) is 5.91 Å². The Kier molecular flexibility index (Phi) is 6.02. The zero-order valence-electron chi connectivity index (χ0n) is 15.4. The molecule has 6 nitrogen and oxygen atoms in total. The Morgan fingerprint density at radius 3 is 2.41 bits per heavy atom. The maximum Gasteiger partial charge on any atom is 0.416 e. The highest BCUT2D eigenvalue weighted by atomic mass is 32.1. The number of carbonyl (C=O) groups excluding carboxylic acids is 1. The van der Waals surface area contributed by atoms with E-state index in [1.54, 1.807) is 25.4 Å². The summed E-state index contributed by atoms with van der Waals surface area (Å²) >= 11 is 1.26. The van der Waals surface area contributed by atoms with E-state index in [4.69, 9.17) is 9.47 Å². The number of aromatic nitrogens is 2. The number of amides is 1. The standard InChI is InChI=1S/C19H16F3N3O3S/c1-11(2)27-15-9-12(17(26)25-18-23-7-8-29-18)10-16(24-15)28-14-5-3-13(4-6-14)19(20,21)22/h3-11H,1-2H3,(H,23,25,26). The Balaban J connectivity index is 1.85. The average Bonchev–Trinajstić information content (AvgIpc) is 3.13. The number of ether oxygens (including phenoxy) is 2. The van der Waals surface area contributed by atoms with Crippen LogP contribution < -0.4 is 14.8 Å². The van der Waals surface area contributed by atoms with Gasteiger partial charge in [-0.1, -0.05) is 0 Å². The Bertz CT molecular complexity index is 975. The number of alkyl halides is 3. The average molecular weight is 423 g/mol. The number of halogens is 3. The van der Waals surface area contributed by atoms with E-state index < -0.39 is 17.6 Å². The van der Waals surface area contributed by atoms with E-state index in [1.807, 2.05) is 0 Å². The molecule has 0 saturated heterocycles. The van der Waals surface area contributed by atoms with E-state index in [-0.39, 0.29) is 29.2 Å². The molecule has 0 bridgehead atoms. The third kappa shape index (κ3) is 5.67. The molecule has 3 aromatic rings. The quantitative estimate of drug-likeness (QED) is 0.576. The van der Waals surface area contributed by atoms with Gasteiger partial charge in [-0.3, -0.25) is 10.1 Å². The van der Waals surface area contributed by atoms with Gasteiger partial charge in [-0.15, -0.1) is 11.3 Å². The van der Waals surface area contributed by atoms with Crippen LogP contribution in [0.4, 0.5) is 18.3 Å². The SMILES string of the molecule is CC(C)Oc1cc(C(=O)Nc2nccs2)cc(Oc2ccc(C(F)(F)F)cc2)n1. The molecule has 2 aromatic heterocycles. The molecule has 3 rings (SSSR count). The first-order valence-electron chi connectivity index (χ1n) is 8.45. The van der Waals surface area contributed by atoms with Gasteiger partial charge in [0.1, 0.15) is 5.75 Å². The lowest BCUT2D eigenvalue weighted by molar-refractivity contribution is -0.137. The second-order valence-corrected chi connectivity index (χ2v) is 7.01. The van der Waals surface area contributed by atoms with Crippen LogP contribution in [0.2, 0.25) is 0 Å². The number of pyridine rings is 1. The van der Waals surface area contributed by atoms with E-state index in [0.717, 1.165) is 12.1 Å². The fraction of sp³-hybridized carbons (Fsp3) is 0.211. The molecular formula is C19H16F3N3O3S. The Hall–Kier alpha value is -3.14. The summed E-state index contributed by atoms with van der Waals surface area (Å²) < 4.78 is 49.2. The number of nitrogens with one attached hydrogen (secondary N) is 1. The summed E-state index contributed by atoms with van der Waals surface area (Å²) in [6, 6.07) is 6.97. The predicted molar refractivity (Wildman–Crippen MR) is 102 cm³/mol. The minimum atomic E-state index is -4.44. The number of thiazole rings is 1. The number of nitrogens with zero attached hydrogens (tertiary/aromatic N) is 2. The van der Waals surface area contributed by atoms with Gasteiger partial charge in [0.05, 0.1) is 17.2 Å². The number of hydrogen-bond donors (Lipinski definition) is 1. The summed E-state index contributed by atoms with van der Waals surface area (Å²) in [4.78, 5) is 20.6. The van der Waals surface area contributed by atoms with Crippen LogP contribution >= 0.6 is 11.3 Å². The van der Waals surface area contributed by atoms with Crippen molar-refractivity contribution in [2.24, 2.45) is 0 Å². The molecule has 1 amide bonds. The van der Waals surface area contributed by atoms with Crippen LogP contribution in [0.15, 0.2) is 48.0 Å². The van der Waals surface area contributed by atoms with Crippen molar-refractivity contribution in [2.45, 2.75) is 26.1 Å². The first-order valence-corrected chi connectivity index (χ1v) is 9.33. The highest BCUT2D eigenvalue weighted by Crippen LogP contribution is 2.31. The topological polar surface area (TPSA) is 73.3 Å². The van der Waals surface area contributed by atoms with Crippen LogP contribution in [-0.4, -0.2) is 22.0 Å². The molecule has 1 aromatic carbocycles. The van der Waals surface area contributed by atoms with Crippen LogP contribution in [0.5, 0.6) is 17.5 Å². The van der Waals surface area contributed by atoms with Gasteiger partial charge in [-0.2, -0.15) is 18.2 Å². The lowest BCUT2D eigenvalue weighted by Crippen LogP contribution is -2.14. The molecule has 10 heteroatoms. The molecular weight excluding hydrogens is 407 g/mol. The monoisotopic (exact) mass is 423 g/mol. The second-order valence-electron chi connectivity index (χ2n) is 6.11. The van der Waals surface area contributed by atoms with E-state index in [1.165, 1.54) is 35.6 Å². The van der Waals surface area contributed by atoms with Crippen molar-refractivity contribution in [1.29, 1.82) is 0 Å². The summed E-state index contributed by atoms with van der Waals surface area (Å²) in [6.45, 7) is 3.58. The van der Waals surface area contributed by atoms with Gasteiger partial charge in [-0.05, 0) is 38.1 Å². The maximum atomic E-state index is 12.7.